The highest BCUT2D eigenvalue weighted by atomic mass is 79.9. The van der Waals surface area contributed by atoms with Crippen molar-refractivity contribution in [3.05, 3.63) is 63.6 Å². The standard InChI is InChI=1S/C17H20BrNO/c1-12-10-14(8-9-16(12)18)11-19-13(2)15-6-4-5-7-17(15)20-3/h4-10,13,19H,11H2,1-3H3/t13-/m0/s1. The van der Waals surface area contributed by atoms with E-state index >= 15 is 0 Å². The number of hydrogen-bond acceptors (Lipinski definition) is 2. The molecule has 2 nitrogen and oxygen atoms in total. The summed E-state index contributed by atoms with van der Waals surface area (Å²) in [5.41, 5.74) is 3.73. The highest BCUT2D eigenvalue weighted by Gasteiger charge is 2.10. The molecule has 0 bridgehead atoms. The van der Waals surface area contributed by atoms with Crippen LogP contribution in [0.4, 0.5) is 0 Å². The molecule has 0 spiro atoms. The topological polar surface area (TPSA) is 21.3 Å². The van der Waals surface area contributed by atoms with Gasteiger partial charge in [0.1, 0.15) is 5.75 Å². The summed E-state index contributed by atoms with van der Waals surface area (Å²) >= 11 is 3.53. The van der Waals surface area contributed by atoms with E-state index in [-0.39, 0.29) is 6.04 Å². The summed E-state index contributed by atoms with van der Waals surface area (Å²) < 4.78 is 6.56. The second-order valence-electron chi connectivity index (χ2n) is 4.93. The van der Waals surface area contributed by atoms with Crippen molar-refractivity contribution in [3.63, 3.8) is 0 Å². The van der Waals surface area contributed by atoms with Crippen molar-refractivity contribution in [1.29, 1.82) is 0 Å². The molecular formula is C17H20BrNO. The largest absolute Gasteiger partial charge is 0.496 e. The van der Waals surface area contributed by atoms with Gasteiger partial charge in [-0.1, -0.05) is 46.3 Å². The molecule has 0 unspecified atom stereocenters. The summed E-state index contributed by atoms with van der Waals surface area (Å²) in [7, 11) is 1.71. The number of ether oxygens (including phenoxy) is 1. The number of methoxy groups -OCH3 is 1. The molecule has 2 aromatic rings. The molecule has 1 N–H and O–H groups in total. The first-order valence-electron chi connectivity index (χ1n) is 6.73. The molecule has 3 heteroatoms. The Bertz CT molecular complexity index is 583. The molecular weight excluding hydrogens is 314 g/mol. The quantitative estimate of drug-likeness (QED) is 0.862. The lowest BCUT2D eigenvalue weighted by Gasteiger charge is -2.17. The number of halogens is 1. The molecule has 0 aliphatic carbocycles. The summed E-state index contributed by atoms with van der Waals surface area (Å²) in [5, 5.41) is 3.54. The summed E-state index contributed by atoms with van der Waals surface area (Å²) in [6.07, 6.45) is 0. The van der Waals surface area contributed by atoms with Crippen LogP contribution >= 0.6 is 15.9 Å². The number of rotatable bonds is 5. The molecule has 0 saturated heterocycles. The van der Waals surface area contributed by atoms with Crippen LogP contribution in [0.25, 0.3) is 0 Å². The van der Waals surface area contributed by atoms with Crippen molar-refractivity contribution in [2.75, 3.05) is 7.11 Å². The SMILES string of the molecule is COc1ccccc1[C@H](C)NCc1ccc(Br)c(C)c1. The van der Waals surface area contributed by atoms with Gasteiger partial charge in [-0.2, -0.15) is 0 Å². The van der Waals surface area contributed by atoms with Gasteiger partial charge in [-0.3, -0.25) is 0 Å². The van der Waals surface area contributed by atoms with E-state index < -0.39 is 0 Å². The maximum absolute atomic E-state index is 5.41. The highest BCUT2D eigenvalue weighted by Crippen LogP contribution is 2.25. The van der Waals surface area contributed by atoms with Crippen LogP contribution in [0.3, 0.4) is 0 Å². The Labute approximate surface area is 129 Å². The molecule has 2 rings (SSSR count). The lowest BCUT2D eigenvalue weighted by Crippen LogP contribution is -2.18. The third kappa shape index (κ3) is 3.62. The summed E-state index contributed by atoms with van der Waals surface area (Å²) in [6, 6.07) is 14.8. The minimum Gasteiger partial charge on any atom is -0.496 e. The van der Waals surface area contributed by atoms with Crippen molar-refractivity contribution < 1.29 is 4.74 Å². The predicted octanol–water partition coefficient (Wildman–Crippen LogP) is 4.62. The Kier molecular flexibility index (Phi) is 5.21. The monoisotopic (exact) mass is 333 g/mol. The van der Waals surface area contributed by atoms with Gasteiger partial charge in [0.25, 0.3) is 0 Å². The second-order valence-corrected chi connectivity index (χ2v) is 5.78. The normalized spacial score (nSPS) is 12.2. The van der Waals surface area contributed by atoms with Gasteiger partial charge in [-0.25, -0.2) is 0 Å². The van der Waals surface area contributed by atoms with E-state index in [1.54, 1.807) is 7.11 Å². The van der Waals surface area contributed by atoms with E-state index in [1.807, 2.05) is 18.2 Å². The average Bonchev–Trinajstić information content (AvgIpc) is 2.48. The van der Waals surface area contributed by atoms with Crippen LogP contribution in [-0.2, 0) is 6.54 Å². The van der Waals surface area contributed by atoms with Crippen molar-refractivity contribution in [2.45, 2.75) is 26.4 Å². The molecule has 0 aliphatic heterocycles. The number of para-hydroxylation sites is 1. The molecule has 0 aromatic heterocycles. The van der Waals surface area contributed by atoms with Gasteiger partial charge < -0.3 is 10.1 Å². The number of aryl methyl sites for hydroxylation is 1. The Morgan fingerprint density at radius 3 is 2.65 bits per heavy atom. The Balaban J connectivity index is 2.04. The zero-order chi connectivity index (χ0) is 14.5. The van der Waals surface area contributed by atoms with E-state index in [4.69, 9.17) is 4.74 Å². The van der Waals surface area contributed by atoms with Crippen molar-refractivity contribution >= 4 is 15.9 Å². The van der Waals surface area contributed by atoms with Crippen molar-refractivity contribution in [3.8, 4) is 5.75 Å². The third-order valence-corrected chi connectivity index (χ3v) is 4.33. The van der Waals surface area contributed by atoms with E-state index in [1.165, 1.54) is 16.7 Å². The fraction of sp³-hybridized carbons (Fsp3) is 0.294. The minimum absolute atomic E-state index is 0.245. The summed E-state index contributed by atoms with van der Waals surface area (Å²) in [5.74, 6) is 0.930. The molecule has 0 saturated carbocycles. The molecule has 1 atom stereocenters. The third-order valence-electron chi connectivity index (χ3n) is 3.44. The van der Waals surface area contributed by atoms with Crippen LogP contribution in [0.2, 0.25) is 0 Å². The lowest BCUT2D eigenvalue weighted by molar-refractivity contribution is 0.401. The first kappa shape index (κ1) is 15.1. The fourth-order valence-electron chi connectivity index (χ4n) is 2.22. The molecule has 0 heterocycles. The fourth-order valence-corrected chi connectivity index (χ4v) is 2.47. The van der Waals surface area contributed by atoms with E-state index in [9.17, 15) is 0 Å². The van der Waals surface area contributed by atoms with Crippen LogP contribution in [0.5, 0.6) is 5.75 Å². The Hall–Kier alpha value is -1.32. The van der Waals surface area contributed by atoms with Crippen molar-refractivity contribution in [1.82, 2.24) is 5.32 Å². The maximum Gasteiger partial charge on any atom is 0.123 e. The average molecular weight is 334 g/mol. The zero-order valence-electron chi connectivity index (χ0n) is 12.1. The first-order valence-corrected chi connectivity index (χ1v) is 7.52. The predicted molar refractivity (Wildman–Crippen MR) is 87.1 cm³/mol. The summed E-state index contributed by atoms with van der Waals surface area (Å²) in [6.45, 7) is 5.11. The van der Waals surface area contributed by atoms with Gasteiger partial charge >= 0.3 is 0 Å². The van der Waals surface area contributed by atoms with E-state index in [0.717, 1.165) is 16.8 Å². The maximum atomic E-state index is 5.41. The minimum atomic E-state index is 0.245. The van der Waals surface area contributed by atoms with Crippen molar-refractivity contribution in [2.24, 2.45) is 0 Å². The number of hydrogen-bond donors (Lipinski definition) is 1. The smallest absolute Gasteiger partial charge is 0.123 e. The van der Waals surface area contributed by atoms with Crippen LogP contribution in [0, 0.1) is 6.92 Å². The second kappa shape index (κ2) is 6.91. The van der Waals surface area contributed by atoms with Gasteiger partial charge in [0.15, 0.2) is 0 Å². The van der Waals surface area contributed by atoms with Gasteiger partial charge in [0.05, 0.1) is 7.11 Å². The molecule has 0 amide bonds. The zero-order valence-corrected chi connectivity index (χ0v) is 13.7. The molecule has 2 aromatic carbocycles. The number of benzene rings is 2. The lowest BCUT2D eigenvalue weighted by atomic mass is 10.1. The molecule has 106 valence electrons. The Morgan fingerprint density at radius 1 is 1.20 bits per heavy atom. The molecule has 0 radical (unpaired) electrons. The molecule has 20 heavy (non-hydrogen) atoms. The van der Waals surface area contributed by atoms with Gasteiger partial charge in [-0.15, -0.1) is 0 Å². The van der Waals surface area contributed by atoms with Crippen LogP contribution in [0.1, 0.15) is 29.7 Å². The van der Waals surface area contributed by atoms with E-state index in [0.29, 0.717) is 0 Å². The van der Waals surface area contributed by atoms with Gasteiger partial charge in [-0.05, 0) is 37.1 Å². The van der Waals surface area contributed by atoms with Crippen LogP contribution < -0.4 is 10.1 Å². The van der Waals surface area contributed by atoms with Gasteiger partial charge in [0, 0.05) is 22.6 Å². The molecule has 0 fully saturated rings. The highest BCUT2D eigenvalue weighted by molar-refractivity contribution is 9.10. The first-order chi connectivity index (χ1) is 9.61. The van der Waals surface area contributed by atoms with Crippen LogP contribution in [-0.4, -0.2) is 7.11 Å². The Morgan fingerprint density at radius 2 is 1.95 bits per heavy atom. The van der Waals surface area contributed by atoms with Crippen LogP contribution in [0.15, 0.2) is 46.9 Å². The summed E-state index contributed by atoms with van der Waals surface area (Å²) in [4.78, 5) is 0. The van der Waals surface area contributed by atoms with E-state index in [2.05, 4.69) is 59.4 Å². The molecule has 0 aliphatic rings. The van der Waals surface area contributed by atoms with Gasteiger partial charge in [0.2, 0.25) is 0 Å². The number of nitrogens with one attached hydrogen (secondary N) is 1.